The minimum absolute atomic E-state index is 0. The first-order valence-corrected chi connectivity index (χ1v) is 11.5. The first-order valence-electron chi connectivity index (χ1n) is 9.92. The van der Waals surface area contributed by atoms with Crippen LogP contribution in [0.4, 0.5) is 0 Å². The van der Waals surface area contributed by atoms with Crippen LogP contribution in [0, 0.1) is 13.0 Å². The van der Waals surface area contributed by atoms with E-state index in [0.29, 0.717) is 7.92 Å². The molecule has 0 bridgehead atoms. The predicted octanol–water partition coefficient (Wildman–Crippen LogP) is 0.978. The van der Waals surface area contributed by atoms with E-state index in [1.807, 2.05) is 30.7 Å². The van der Waals surface area contributed by atoms with Crippen molar-refractivity contribution in [1.82, 2.24) is 0 Å². The van der Waals surface area contributed by atoms with E-state index in [-0.39, 0.29) is 44.3 Å². The zero-order valence-electron chi connectivity index (χ0n) is 15.7. The third kappa shape index (κ3) is 7.94. The van der Waals surface area contributed by atoms with Crippen molar-refractivity contribution >= 4 is 7.92 Å². The van der Waals surface area contributed by atoms with E-state index >= 15 is 0 Å². The number of allylic oxidation sites excluding steroid dienone is 5. The molecule has 0 amide bonds. The van der Waals surface area contributed by atoms with Crippen molar-refractivity contribution in [3.05, 3.63) is 42.9 Å². The summed E-state index contributed by atoms with van der Waals surface area (Å²) >= 11 is 0. The fourth-order valence-electron chi connectivity index (χ4n) is 4.95. The predicted molar refractivity (Wildman–Crippen MR) is 104 cm³/mol. The standard InChI is InChI=1S/C15H27P.C7H6.2ClH.Ru/c1-2-8-13(7-1)16(14-9-3-4-10-14)15-11-5-6-12-15;1-7-5-3-2-4-6-7;;;/h13-15H,1-12H2;1-6H;2*1H;/q;;;;+2/p-2. The van der Waals surface area contributed by atoms with Crippen LogP contribution >= 0.6 is 7.92 Å². The summed E-state index contributed by atoms with van der Waals surface area (Å²) in [5.41, 5.74) is 4.45. The van der Waals surface area contributed by atoms with Crippen LogP contribution in [0.1, 0.15) is 77.0 Å². The van der Waals surface area contributed by atoms with Gasteiger partial charge >= 0.3 is 19.5 Å². The van der Waals surface area contributed by atoms with E-state index in [1.54, 1.807) is 77.0 Å². The van der Waals surface area contributed by atoms with Gasteiger partial charge in [-0.1, -0.05) is 64.7 Å². The Kier molecular flexibility index (Phi) is 15.0. The van der Waals surface area contributed by atoms with E-state index in [9.17, 15) is 0 Å². The van der Waals surface area contributed by atoms with E-state index in [4.69, 9.17) is 6.58 Å². The van der Waals surface area contributed by atoms with Gasteiger partial charge in [-0.2, -0.15) is 6.58 Å². The van der Waals surface area contributed by atoms with Gasteiger partial charge in [-0.25, -0.2) is 0 Å². The monoisotopic (exact) mass is 500 g/mol. The number of hydrogen-bond donors (Lipinski definition) is 0. The minimum Gasteiger partial charge on any atom is -1.00 e. The number of rotatable bonds is 3. The average molecular weight is 500 g/mol. The summed E-state index contributed by atoms with van der Waals surface area (Å²) in [6.45, 7) is 5.36. The normalized spacial score (nSPS) is 22.8. The Hall–Kier alpha value is 0.633. The van der Waals surface area contributed by atoms with Gasteiger partial charge < -0.3 is 24.8 Å². The maximum Gasteiger partial charge on any atom is 2.00 e. The number of halogens is 2. The summed E-state index contributed by atoms with van der Waals surface area (Å²) in [5.74, 6) is 0. The summed E-state index contributed by atoms with van der Waals surface area (Å²) in [6.07, 6.45) is 28.5. The minimum atomic E-state index is 0. The fourth-order valence-corrected chi connectivity index (χ4v) is 9.63. The van der Waals surface area contributed by atoms with Gasteiger partial charge in [-0.05, 0) is 68.0 Å². The molecular weight excluding hydrogens is 467 g/mol. The Balaban J connectivity index is 0.000000542. The maximum atomic E-state index is 5.36. The largest absolute Gasteiger partial charge is 2.00 e. The van der Waals surface area contributed by atoms with Crippen LogP contribution in [-0.4, -0.2) is 17.0 Å². The van der Waals surface area contributed by atoms with Crippen molar-refractivity contribution in [1.29, 1.82) is 0 Å². The molecule has 0 aromatic rings. The van der Waals surface area contributed by atoms with Crippen molar-refractivity contribution in [3.63, 3.8) is 0 Å². The Morgan fingerprint density at radius 3 is 1.35 bits per heavy atom. The average Bonchev–Trinajstić information content (AvgIpc) is 3.34. The molecule has 0 aliphatic heterocycles. The third-order valence-corrected chi connectivity index (χ3v) is 10.1. The van der Waals surface area contributed by atoms with E-state index in [2.05, 4.69) is 0 Å². The molecule has 0 nitrogen and oxygen atoms in total. The van der Waals surface area contributed by atoms with Gasteiger partial charge in [0.1, 0.15) is 0 Å². The fraction of sp³-hybridized carbons (Fsp3) is 0.682. The number of hydrogen-bond acceptors (Lipinski definition) is 0. The first-order chi connectivity index (χ1) is 11.3. The molecule has 4 heteroatoms. The quantitative estimate of drug-likeness (QED) is 0.308. The van der Waals surface area contributed by atoms with Crippen molar-refractivity contribution in [2.45, 2.75) is 94.0 Å². The van der Waals surface area contributed by atoms with E-state index in [1.165, 1.54) is 17.0 Å². The molecule has 0 N–H and O–H groups in total. The summed E-state index contributed by atoms with van der Waals surface area (Å²) < 4.78 is 0. The van der Waals surface area contributed by atoms with Gasteiger partial charge in [0.15, 0.2) is 0 Å². The first kappa shape index (κ1) is 26.6. The van der Waals surface area contributed by atoms with Crippen LogP contribution in [0.3, 0.4) is 0 Å². The van der Waals surface area contributed by atoms with Crippen LogP contribution in [-0.2, 0) is 19.5 Å². The SMILES string of the molecule is C1CCC(P(C2CCCC2)C2CCCC2)C1.[CH+]=C1C=CC=C[CH-]1.[Cl-].[Cl-].[Ru+2]. The summed E-state index contributed by atoms with van der Waals surface area (Å²) in [4.78, 5) is 0. The smallest absolute Gasteiger partial charge is 1.00 e. The molecule has 4 rings (SSSR count). The molecule has 3 fully saturated rings. The molecule has 148 valence electrons. The second kappa shape index (κ2) is 14.6. The molecule has 0 heterocycles. The van der Waals surface area contributed by atoms with Crippen LogP contribution in [0.5, 0.6) is 0 Å². The van der Waals surface area contributed by atoms with Crippen molar-refractivity contribution in [3.8, 4) is 0 Å². The van der Waals surface area contributed by atoms with Gasteiger partial charge in [0.05, 0.1) is 0 Å². The van der Waals surface area contributed by atoms with Gasteiger partial charge in [0, 0.05) is 5.57 Å². The molecule has 4 aliphatic carbocycles. The second-order valence-corrected chi connectivity index (χ2v) is 10.8. The molecule has 0 aromatic heterocycles. The van der Waals surface area contributed by atoms with Crippen LogP contribution in [0.25, 0.3) is 0 Å². The molecule has 26 heavy (non-hydrogen) atoms. The van der Waals surface area contributed by atoms with E-state index in [0.717, 1.165) is 5.57 Å². The topological polar surface area (TPSA) is 0 Å². The molecule has 0 saturated heterocycles. The second-order valence-electron chi connectivity index (χ2n) is 7.67. The zero-order chi connectivity index (χ0) is 15.9. The summed E-state index contributed by atoms with van der Waals surface area (Å²) in [6, 6.07) is 0. The van der Waals surface area contributed by atoms with Crippen LogP contribution < -0.4 is 24.8 Å². The Morgan fingerprint density at radius 2 is 1.12 bits per heavy atom. The van der Waals surface area contributed by atoms with Gasteiger partial charge in [-0.3, -0.25) is 0 Å². The van der Waals surface area contributed by atoms with Crippen LogP contribution in [0.2, 0.25) is 0 Å². The van der Waals surface area contributed by atoms with Crippen LogP contribution in [0.15, 0.2) is 29.9 Å². The molecule has 0 unspecified atom stereocenters. The Labute approximate surface area is 188 Å². The zero-order valence-corrected chi connectivity index (χ0v) is 19.9. The molecular formula is C22H33Cl2PRu. The molecule has 0 atom stereocenters. The summed E-state index contributed by atoms with van der Waals surface area (Å²) in [7, 11) is 0.436. The van der Waals surface area contributed by atoms with Gasteiger partial charge in [-0.15, -0.1) is 0 Å². The molecule has 0 radical (unpaired) electrons. The van der Waals surface area contributed by atoms with E-state index < -0.39 is 0 Å². The van der Waals surface area contributed by atoms with Crippen molar-refractivity contribution in [2.75, 3.05) is 0 Å². The third-order valence-electron chi connectivity index (χ3n) is 6.04. The molecule has 0 spiro atoms. The molecule has 3 saturated carbocycles. The molecule has 0 aromatic carbocycles. The van der Waals surface area contributed by atoms with Crippen molar-refractivity contribution in [2.24, 2.45) is 0 Å². The Bertz CT molecular complexity index is 393. The summed E-state index contributed by atoms with van der Waals surface area (Å²) in [5, 5.41) is 0. The van der Waals surface area contributed by atoms with Crippen molar-refractivity contribution < 1.29 is 44.3 Å². The molecule has 4 aliphatic rings. The Morgan fingerprint density at radius 1 is 0.731 bits per heavy atom. The van der Waals surface area contributed by atoms with Gasteiger partial charge in [0.25, 0.3) is 0 Å². The van der Waals surface area contributed by atoms with Gasteiger partial charge in [0.2, 0.25) is 0 Å². The maximum absolute atomic E-state index is 5.36.